The van der Waals surface area contributed by atoms with Crippen LogP contribution >= 0.6 is 0 Å². The van der Waals surface area contributed by atoms with Crippen molar-refractivity contribution in [1.29, 1.82) is 0 Å². The Kier molecular flexibility index (Phi) is 2.79. The van der Waals surface area contributed by atoms with E-state index in [2.05, 4.69) is 52.0 Å². The zero-order chi connectivity index (χ0) is 15.5. The van der Waals surface area contributed by atoms with E-state index in [-0.39, 0.29) is 11.2 Å². The Labute approximate surface area is 132 Å². The number of aryl methyl sites for hydroxylation is 2. The fourth-order valence-electron chi connectivity index (χ4n) is 3.75. The molecule has 0 fully saturated rings. The molecule has 0 aromatic heterocycles. The number of hydrogen-bond acceptors (Lipinski definition) is 2. The van der Waals surface area contributed by atoms with Gasteiger partial charge in [0.05, 0.1) is 0 Å². The van der Waals surface area contributed by atoms with E-state index in [0.29, 0.717) is 0 Å². The van der Waals surface area contributed by atoms with Gasteiger partial charge in [-0.1, -0.05) is 12.1 Å². The Hall–Kier alpha value is -1.70. The van der Waals surface area contributed by atoms with Crippen LogP contribution in [0.4, 0.5) is 0 Å². The molecule has 0 amide bonds. The third-order valence-corrected chi connectivity index (χ3v) is 5.06. The third kappa shape index (κ3) is 2.16. The van der Waals surface area contributed by atoms with Crippen LogP contribution in [0.2, 0.25) is 0 Å². The molecule has 2 heteroatoms. The van der Waals surface area contributed by atoms with Gasteiger partial charge in [-0.15, -0.1) is 0 Å². The maximum Gasteiger partial charge on any atom is 0.123 e. The molecule has 2 heterocycles. The molecule has 0 N–H and O–H groups in total. The topological polar surface area (TPSA) is 18.5 Å². The first-order valence-electron chi connectivity index (χ1n) is 8.30. The van der Waals surface area contributed by atoms with Gasteiger partial charge in [-0.25, -0.2) is 0 Å². The molecule has 2 aliphatic rings. The number of ether oxygens (including phenoxy) is 2. The number of rotatable bonds is 0. The lowest BCUT2D eigenvalue weighted by atomic mass is 9.87. The molecule has 4 rings (SSSR count). The van der Waals surface area contributed by atoms with Crippen LogP contribution in [0.3, 0.4) is 0 Å². The van der Waals surface area contributed by atoms with Gasteiger partial charge in [0.2, 0.25) is 0 Å². The average molecular weight is 296 g/mol. The molecule has 0 unspecified atom stereocenters. The Bertz CT molecular complexity index is 691. The second-order valence-corrected chi connectivity index (χ2v) is 7.90. The summed E-state index contributed by atoms with van der Waals surface area (Å²) in [6.45, 7) is 8.68. The Morgan fingerprint density at radius 1 is 0.682 bits per heavy atom. The van der Waals surface area contributed by atoms with Crippen LogP contribution in [-0.4, -0.2) is 11.2 Å². The van der Waals surface area contributed by atoms with Gasteiger partial charge in [0.25, 0.3) is 0 Å². The van der Waals surface area contributed by atoms with Crippen LogP contribution in [0.25, 0.3) is 10.8 Å². The van der Waals surface area contributed by atoms with Gasteiger partial charge >= 0.3 is 0 Å². The van der Waals surface area contributed by atoms with Crippen molar-refractivity contribution >= 4 is 10.8 Å². The Morgan fingerprint density at radius 3 is 1.50 bits per heavy atom. The lowest BCUT2D eigenvalue weighted by Crippen LogP contribution is -2.33. The summed E-state index contributed by atoms with van der Waals surface area (Å²) in [6.07, 6.45) is 4.31. The third-order valence-electron chi connectivity index (χ3n) is 5.06. The first-order valence-corrected chi connectivity index (χ1v) is 8.30. The number of benzene rings is 2. The van der Waals surface area contributed by atoms with E-state index in [1.165, 1.54) is 21.9 Å². The highest BCUT2D eigenvalue weighted by atomic mass is 16.5. The zero-order valence-corrected chi connectivity index (χ0v) is 14.0. The summed E-state index contributed by atoms with van der Waals surface area (Å²) < 4.78 is 12.3. The van der Waals surface area contributed by atoms with Crippen LogP contribution in [0.1, 0.15) is 51.7 Å². The molecule has 0 atom stereocenters. The van der Waals surface area contributed by atoms with Gasteiger partial charge in [-0.05, 0) is 76.3 Å². The molecule has 0 bridgehead atoms. The van der Waals surface area contributed by atoms with Crippen LogP contribution in [0.5, 0.6) is 11.5 Å². The standard InChI is InChI=1S/C20H24O2/c1-19(2)11-9-15-13-6-8-18-16(10-12-20(3,4)22-18)14(13)5-7-17(15)21-19/h5-8H,9-12H2,1-4H3. The SMILES string of the molecule is CC1(C)CCc2c(ccc3c4c(ccc23)OC(C)(C)CC4)O1. The van der Waals surface area contributed by atoms with Gasteiger partial charge < -0.3 is 9.47 Å². The van der Waals surface area contributed by atoms with Crippen LogP contribution in [0, 0.1) is 0 Å². The lowest BCUT2D eigenvalue weighted by Gasteiger charge is -2.35. The van der Waals surface area contributed by atoms with Gasteiger partial charge in [-0.3, -0.25) is 0 Å². The summed E-state index contributed by atoms with van der Waals surface area (Å²) in [5.74, 6) is 2.11. The van der Waals surface area contributed by atoms with E-state index in [0.717, 1.165) is 37.2 Å². The maximum absolute atomic E-state index is 6.17. The van der Waals surface area contributed by atoms with Gasteiger partial charge in [0.15, 0.2) is 0 Å². The summed E-state index contributed by atoms with van der Waals surface area (Å²) in [7, 11) is 0. The Morgan fingerprint density at radius 2 is 1.09 bits per heavy atom. The quantitative estimate of drug-likeness (QED) is 0.677. The summed E-state index contributed by atoms with van der Waals surface area (Å²) >= 11 is 0. The summed E-state index contributed by atoms with van der Waals surface area (Å²) in [5, 5.41) is 2.69. The van der Waals surface area contributed by atoms with Crippen molar-refractivity contribution in [2.45, 2.75) is 64.6 Å². The van der Waals surface area contributed by atoms with E-state index < -0.39 is 0 Å². The molecule has 0 spiro atoms. The van der Waals surface area contributed by atoms with E-state index >= 15 is 0 Å². The first kappa shape index (κ1) is 13.9. The second kappa shape index (κ2) is 4.41. The highest BCUT2D eigenvalue weighted by Gasteiger charge is 2.30. The van der Waals surface area contributed by atoms with Crippen LogP contribution in [0.15, 0.2) is 24.3 Å². The van der Waals surface area contributed by atoms with E-state index in [4.69, 9.17) is 9.47 Å². The molecule has 2 aliphatic heterocycles. The van der Waals surface area contributed by atoms with Crippen molar-refractivity contribution < 1.29 is 9.47 Å². The molecule has 0 saturated carbocycles. The summed E-state index contributed by atoms with van der Waals surface area (Å²) in [5.41, 5.74) is 2.62. The van der Waals surface area contributed by atoms with Crippen molar-refractivity contribution in [1.82, 2.24) is 0 Å². The zero-order valence-electron chi connectivity index (χ0n) is 14.0. The van der Waals surface area contributed by atoms with E-state index in [1.807, 2.05) is 0 Å². The molecule has 0 aliphatic carbocycles. The highest BCUT2D eigenvalue weighted by molar-refractivity contribution is 5.92. The van der Waals surface area contributed by atoms with Crippen molar-refractivity contribution in [3.63, 3.8) is 0 Å². The van der Waals surface area contributed by atoms with Crippen molar-refractivity contribution in [3.8, 4) is 11.5 Å². The molecule has 2 aromatic rings. The average Bonchev–Trinajstić information content (AvgIpc) is 2.44. The Balaban J connectivity index is 1.87. The summed E-state index contributed by atoms with van der Waals surface area (Å²) in [4.78, 5) is 0. The van der Waals surface area contributed by atoms with Crippen LogP contribution < -0.4 is 9.47 Å². The van der Waals surface area contributed by atoms with Gasteiger partial charge in [-0.2, -0.15) is 0 Å². The number of hydrogen-bond donors (Lipinski definition) is 0. The van der Waals surface area contributed by atoms with E-state index in [9.17, 15) is 0 Å². The van der Waals surface area contributed by atoms with Gasteiger partial charge in [0, 0.05) is 11.1 Å². The van der Waals surface area contributed by atoms with Crippen LogP contribution in [-0.2, 0) is 12.8 Å². The lowest BCUT2D eigenvalue weighted by molar-refractivity contribution is 0.0840. The monoisotopic (exact) mass is 296 g/mol. The second-order valence-electron chi connectivity index (χ2n) is 7.90. The minimum Gasteiger partial charge on any atom is -0.488 e. The molecule has 2 nitrogen and oxygen atoms in total. The largest absolute Gasteiger partial charge is 0.488 e. The van der Waals surface area contributed by atoms with Crippen molar-refractivity contribution in [3.05, 3.63) is 35.4 Å². The molecular formula is C20H24O2. The fraction of sp³-hybridized carbons (Fsp3) is 0.500. The summed E-state index contributed by atoms with van der Waals surface area (Å²) in [6, 6.07) is 8.74. The minimum atomic E-state index is -0.0536. The first-order chi connectivity index (χ1) is 10.3. The predicted octanol–water partition coefficient (Wildman–Crippen LogP) is 5.05. The van der Waals surface area contributed by atoms with E-state index in [1.54, 1.807) is 0 Å². The molecule has 0 radical (unpaired) electrons. The molecule has 0 saturated heterocycles. The predicted molar refractivity (Wildman–Crippen MR) is 90.0 cm³/mol. The van der Waals surface area contributed by atoms with Crippen molar-refractivity contribution in [2.24, 2.45) is 0 Å². The fourth-order valence-corrected chi connectivity index (χ4v) is 3.75. The molecule has 2 aromatic carbocycles. The maximum atomic E-state index is 6.17. The molecular weight excluding hydrogens is 272 g/mol. The van der Waals surface area contributed by atoms with Crippen molar-refractivity contribution in [2.75, 3.05) is 0 Å². The normalized spacial score (nSPS) is 21.5. The number of fused-ring (bicyclic) bond motifs is 5. The smallest absolute Gasteiger partial charge is 0.123 e. The minimum absolute atomic E-state index is 0.0536. The highest BCUT2D eigenvalue weighted by Crippen LogP contribution is 2.42. The molecule has 116 valence electrons. The van der Waals surface area contributed by atoms with Gasteiger partial charge in [0.1, 0.15) is 22.7 Å². The molecule has 22 heavy (non-hydrogen) atoms.